The van der Waals surface area contributed by atoms with E-state index in [1.54, 1.807) is 0 Å². The fraction of sp³-hybridized carbons (Fsp3) is 0.268. The van der Waals surface area contributed by atoms with Crippen molar-refractivity contribution in [2.45, 2.75) is 71.6 Å². The second kappa shape index (κ2) is 8.91. The number of hydrogen-bond acceptors (Lipinski definition) is 1. The van der Waals surface area contributed by atoms with Crippen molar-refractivity contribution in [2.75, 3.05) is 0 Å². The van der Waals surface area contributed by atoms with Crippen LogP contribution >= 0.6 is 0 Å². The monoisotopic (exact) mass is 573 g/mol. The van der Waals surface area contributed by atoms with Gasteiger partial charge < -0.3 is 9.30 Å². The van der Waals surface area contributed by atoms with Crippen LogP contribution in [0.4, 0.5) is 0 Å². The van der Waals surface area contributed by atoms with Gasteiger partial charge in [0.25, 0.3) is 6.71 Å². The molecular formula is C41H40BNO. The van der Waals surface area contributed by atoms with E-state index < -0.39 is 0 Å². The topological polar surface area (TPSA) is 14.2 Å². The van der Waals surface area contributed by atoms with E-state index in [0.717, 1.165) is 11.5 Å². The molecule has 5 aromatic carbocycles. The van der Waals surface area contributed by atoms with Crippen LogP contribution in [0.3, 0.4) is 0 Å². The maximum Gasteiger partial charge on any atom is 0.251 e. The molecule has 2 aliphatic rings. The SMILES string of the molecule is CC(C)(C)c1ccc2c(c1)B1c3ccc(-n4c5ccccc5c5ccccc54)cc3C(C)(C)c3c(C(C)(C)C)ccc(c31)O2. The summed E-state index contributed by atoms with van der Waals surface area (Å²) in [6.07, 6.45) is 0. The molecule has 2 nitrogen and oxygen atoms in total. The fourth-order valence-electron chi connectivity index (χ4n) is 8.02. The summed E-state index contributed by atoms with van der Waals surface area (Å²) < 4.78 is 9.19. The molecule has 0 spiro atoms. The zero-order valence-corrected chi connectivity index (χ0v) is 27.2. The molecule has 44 heavy (non-hydrogen) atoms. The van der Waals surface area contributed by atoms with Gasteiger partial charge in [-0.05, 0) is 80.4 Å². The summed E-state index contributed by atoms with van der Waals surface area (Å²) in [7, 11) is 0. The Labute approximate surface area is 261 Å². The van der Waals surface area contributed by atoms with Crippen molar-refractivity contribution in [2.24, 2.45) is 0 Å². The predicted octanol–water partition coefficient (Wildman–Crippen LogP) is 8.64. The lowest BCUT2D eigenvalue weighted by molar-refractivity contribution is 0.479. The Balaban J connectivity index is 1.45. The first kappa shape index (κ1) is 27.3. The van der Waals surface area contributed by atoms with E-state index in [4.69, 9.17) is 4.74 Å². The molecule has 0 saturated heterocycles. The highest BCUT2D eigenvalue weighted by atomic mass is 16.5. The molecule has 6 aromatic rings. The van der Waals surface area contributed by atoms with E-state index in [9.17, 15) is 0 Å². The molecule has 0 fully saturated rings. The lowest BCUT2D eigenvalue weighted by Crippen LogP contribution is -2.63. The fourth-order valence-corrected chi connectivity index (χ4v) is 8.02. The zero-order valence-electron chi connectivity index (χ0n) is 27.2. The van der Waals surface area contributed by atoms with Crippen molar-refractivity contribution >= 4 is 44.9 Å². The summed E-state index contributed by atoms with van der Waals surface area (Å²) >= 11 is 0. The summed E-state index contributed by atoms with van der Waals surface area (Å²) in [5.74, 6) is 1.97. The van der Waals surface area contributed by atoms with Gasteiger partial charge in [0, 0.05) is 21.9 Å². The van der Waals surface area contributed by atoms with Crippen LogP contribution in [0.1, 0.15) is 77.6 Å². The Morgan fingerprint density at radius 2 is 1.27 bits per heavy atom. The number of benzene rings is 5. The van der Waals surface area contributed by atoms with Gasteiger partial charge in [-0.15, -0.1) is 0 Å². The van der Waals surface area contributed by atoms with Gasteiger partial charge in [0.1, 0.15) is 11.5 Å². The Morgan fingerprint density at radius 1 is 0.636 bits per heavy atom. The van der Waals surface area contributed by atoms with E-state index in [1.807, 2.05) is 0 Å². The number of rotatable bonds is 1. The molecule has 0 atom stereocenters. The minimum Gasteiger partial charge on any atom is -0.458 e. The maximum absolute atomic E-state index is 6.74. The molecule has 3 heterocycles. The second-order valence-electron chi connectivity index (χ2n) is 15.5. The minimum absolute atomic E-state index is 0.0122. The molecule has 0 N–H and O–H groups in total. The highest BCUT2D eigenvalue weighted by Crippen LogP contribution is 2.44. The summed E-state index contributed by atoms with van der Waals surface area (Å²) in [6.45, 7) is 18.9. The van der Waals surface area contributed by atoms with Crippen LogP contribution in [0.5, 0.6) is 11.5 Å². The third kappa shape index (κ3) is 3.74. The number of para-hydroxylation sites is 2. The molecule has 0 bridgehead atoms. The Kier molecular flexibility index (Phi) is 5.53. The number of hydrogen-bond donors (Lipinski definition) is 0. The van der Waals surface area contributed by atoms with Gasteiger partial charge in [0.05, 0.1) is 11.0 Å². The van der Waals surface area contributed by atoms with Crippen molar-refractivity contribution in [3.05, 3.63) is 119 Å². The first-order chi connectivity index (χ1) is 20.9. The van der Waals surface area contributed by atoms with Crippen LogP contribution in [-0.4, -0.2) is 11.3 Å². The van der Waals surface area contributed by atoms with Crippen LogP contribution in [0.2, 0.25) is 0 Å². The molecule has 8 rings (SSSR count). The lowest BCUT2D eigenvalue weighted by atomic mass is 9.30. The van der Waals surface area contributed by atoms with Crippen molar-refractivity contribution in [1.29, 1.82) is 0 Å². The molecule has 3 heteroatoms. The number of aromatic nitrogens is 1. The van der Waals surface area contributed by atoms with Crippen LogP contribution in [-0.2, 0) is 16.2 Å². The summed E-state index contributed by atoms with van der Waals surface area (Å²) in [6, 6.07) is 36.2. The number of nitrogens with zero attached hydrogens (tertiary/aromatic N) is 1. The van der Waals surface area contributed by atoms with E-state index in [1.165, 1.54) is 66.1 Å². The normalized spacial score (nSPS) is 15.1. The molecule has 0 unspecified atom stereocenters. The van der Waals surface area contributed by atoms with E-state index in [2.05, 4.69) is 157 Å². The van der Waals surface area contributed by atoms with Crippen molar-refractivity contribution < 1.29 is 4.74 Å². The van der Waals surface area contributed by atoms with Crippen molar-refractivity contribution in [3.63, 3.8) is 0 Å². The minimum atomic E-state index is -0.225. The van der Waals surface area contributed by atoms with Gasteiger partial charge in [0.15, 0.2) is 0 Å². The summed E-state index contributed by atoms with van der Waals surface area (Å²) in [5, 5.41) is 2.58. The van der Waals surface area contributed by atoms with Gasteiger partial charge in [0.2, 0.25) is 0 Å². The molecule has 218 valence electrons. The largest absolute Gasteiger partial charge is 0.458 e. The first-order valence-corrected chi connectivity index (χ1v) is 16.0. The van der Waals surface area contributed by atoms with E-state index >= 15 is 0 Å². The second-order valence-corrected chi connectivity index (χ2v) is 15.5. The van der Waals surface area contributed by atoms with Crippen LogP contribution in [0.25, 0.3) is 27.5 Å². The molecule has 0 aliphatic carbocycles. The van der Waals surface area contributed by atoms with Crippen LogP contribution in [0, 0.1) is 0 Å². The van der Waals surface area contributed by atoms with Gasteiger partial charge in [-0.1, -0.05) is 122 Å². The van der Waals surface area contributed by atoms with Gasteiger partial charge in [-0.3, -0.25) is 0 Å². The molecule has 0 saturated carbocycles. The highest BCUT2D eigenvalue weighted by Gasteiger charge is 2.47. The molecule has 1 aromatic heterocycles. The average Bonchev–Trinajstić information content (AvgIpc) is 3.32. The summed E-state index contributed by atoms with van der Waals surface area (Å²) in [5.41, 5.74) is 13.1. The highest BCUT2D eigenvalue weighted by molar-refractivity contribution is 6.98. The third-order valence-electron chi connectivity index (χ3n) is 10.2. The standard InChI is InChI=1S/C41H40BNO/c1-39(2,3)25-17-21-35-32(23-25)42-31-20-18-26(43-33-15-11-9-13-27(33)28-14-10-12-16-34(28)43)24-30(31)41(7,8)37-29(40(4,5)6)19-22-36(44-35)38(37)42/h9-24H,1-8H3. The van der Waals surface area contributed by atoms with Gasteiger partial charge in [-0.25, -0.2) is 0 Å². The summed E-state index contributed by atoms with van der Waals surface area (Å²) in [4.78, 5) is 0. The smallest absolute Gasteiger partial charge is 0.251 e. The molecule has 0 amide bonds. The molecular weight excluding hydrogens is 533 g/mol. The lowest BCUT2D eigenvalue weighted by Gasteiger charge is -2.45. The maximum atomic E-state index is 6.74. The predicted molar refractivity (Wildman–Crippen MR) is 188 cm³/mol. The Hall–Kier alpha value is -4.24. The van der Waals surface area contributed by atoms with Crippen LogP contribution < -0.4 is 21.1 Å². The van der Waals surface area contributed by atoms with Gasteiger partial charge >= 0.3 is 0 Å². The van der Waals surface area contributed by atoms with Crippen LogP contribution in [0.15, 0.2) is 97.1 Å². The number of fused-ring (bicyclic) bond motifs is 7. The average molecular weight is 574 g/mol. The number of ether oxygens (including phenoxy) is 1. The van der Waals surface area contributed by atoms with E-state index in [0.29, 0.717) is 0 Å². The molecule has 2 aliphatic heterocycles. The van der Waals surface area contributed by atoms with Gasteiger partial charge in [-0.2, -0.15) is 0 Å². The van der Waals surface area contributed by atoms with E-state index in [-0.39, 0.29) is 23.0 Å². The molecule has 0 radical (unpaired) electrons. The Bertz CT molecular complexity index is 2100. The Morgan fingerprint density at radius 3 is 1.91 bits per heavy atom. The van der Waals surface area contributed by atoms with Crippen molar-refractivity contribution in [1.82, 2.24) is 4.57 Å². The van der Waals surface area contributed by atoms with Crippen molar-refractivity contribution in [3.8, 4) is 17.2 Å². The first-order valence-electron chi connectivity index (χ1n) is 16.0. The third-order valence-corrected chi connectivity index (χ3v) is 10.2. The zero-order chi connectivity index (χ0) is 30.8. The quantitative estimate of drug-likeness (QED) is 0.179.